The molecule has 0 aliphatic heterocycles. The monoisotopic (exact) mass is 307 g/mol. The Morgan fingerprint density at radius 1 is 1.00 bits per heavy atom. The maximum absolute atomic E-state index is 13.3. The zero-order valence-corrected chi connectivity index (χ0v) is 11.2. The van der Waals surface area contributed by atoms with Gasteiger partial charge in [-0.25, -0.2) is 8.78 Å². The highest BCUT2D eigenvalue weighted by molar-refractivity contribution is 6.33. The number of benzene rings is 2. The topological polar surface area (TPSA) is 64.9 Å². The van der Waals surface area contributed by atoms with Crippen LogP contribution in [0.1, 0.15) is 0 Å². The molecule has 0 aliphatic rings. The van der Waals surface area contributed by atoms with E-state index in [1.165, 1.54) is 30.3 Å². The van der Waals surface area contributed by atoms with Crippen molar-refractivity contribution in [2.45, 2.75) is 0 Å². The van der Waals surface area contributed by atoms with Crippen molar-refractivity contribution in [2.24, 2.45) is 0 Å². The molecular formula is C14H8ClF2N3O. The summed E-state index contributed by atoms with van der Waals surface area (Å²) in [6, 6.07) is 7.63. The van der Waals surface area contributed by atoms with Crippen LogP contribution >= 0.6 is 11.6 Å². The largest absolute Gasteiger partial charge is 0.398 e. The second-order valence-corrected chi connectivity index (χ2v) is 4.69. The molecule has 4 nitrogen and oxygen atoms in total. The summed E-state index contributed by atoms with van der Waals surface area (Å²) in [5.74, 6) is -0.721. The van der Waals surface area contributed by atoms with E-state index in [9.17, 15) is 8.78 Å². The van der Waals surface area contributed by atoms with Crippen molar-refractivity contribution >= 4 is 17.3 Å². The van der Waals surface area contributed by atoms with E-state index in [4.69, 9.17) is 21.9 Å². The Labute approximate surface area is 123 Å². The van der Waals surface area contributed by atoms with Crippen LogP contribution in [0.5, 0.6) is 0 Å². The van der Waals surface area contributed by atoms with Gasteiger partial charge in [-0.2, -0.15) is 4.98 Å². The van der Waals surface area contributed by atoms with Crippen molar-refractivity contribution < 1.29 is 13.3 Å². The molecule has 0 radical (unpaired) electrons. The highest BCUT2D eigenvalue weighted by Crippen LogP contribution is 2.30. The molecule has 0 fully saturated rings. The molecule has 1 heterocycles. The predicted octanol–water partition coefficient (Wildman–Crippen LogP) is 3.92. The number of rotatable bonds is 2. The fraction of sp³-hybridized carbons (Fsp3) is 0. The van der Waals surface area contributed by atoms with Gasteiger partial charge >= 0.3 is 0 Å². The summed E-state index contributed by atoms with van der Waals surface area (Å²) < 4.78 is 31.4. The first kappa shape index (κ1) is 13.5. The first-order valence-corrected chi connectivity index (χ1v) is 6.27. The molecular weight excluding hydrogens is 300 g/mol. The number of aromatic nitrogens is 2. The van der Waals surface area contributed by atoms with Crippen molar-refractivity contribution in [2.75, 3.05) is 5.73 Å². The number of nitrogens with zero attached hydrogens (tertiary/aromatic N) is 2. The lowest BCUT2D eigenvalue weighted by atomic mass is 10.1. The minimum absolute atomic E-state index is 0.0578. The van der Waals surface area contributed by atoms with E-state index in [1.807, 2.05) is 0 Å². The van der Waals surface area contributed by atoms with Gasteiger partial charge < -0.3 is 10.3 Å². The zero-order chi connectivity index (χ0) is 15.0. The molecule has 106 valence electrons. The van der Waals surface area contributed by atoms with E-state index in [1.54, 1.807) is 0 Å². The Hall–Kier alpha value is -2.47. The lowest BCUT2D eigenvalue weighted by Crippen LogP contribution is -1.91. The summed E-state index contributed by atoms with van der Waals surface area (Å²) in [7, 11) is 0. The molecule has 3 aromatic rings. The van der Waals surface area contributed by atoms with Gasteiger partial charge in [0.05, 0.1) is 10.6 Å². The zero-order valence-electron chi connectivity index (χ0n) is 10.5. The molecule has 0 amide bonds. The molecule has 1 aromatic heterocycles. The highest BCUT2D eigenvalue weighted by Gasteiger charge is 2.16. The smallest absolute Gasteiger partial charge is 0.260 e. The molecule has 3 rings (SSSR count). The molecule has 0 unspecified atom stereocenters. The predicted molar refractivity (Wildman–Crippen MR) is 74.5 cm³/mol. The van der Waals surface area contributed by atoms with Gasteiger partial charge in [0, 0.05) is 11.3 Å². The maximum Gasteiger partial charge on any atom is 0.260 e. The Morgan fingerprint density at radius 2 is 1.71 bits per heavy atom. The van der Waals surface area contributed by atoms with Gasteiger partial charge in [0.15, 0.2) is 0 Å². The highest BCUT2D eigenvalue weighted by atomic mass is 35.5. The summed E-state index contributed by atoms with van der Waals surface area (Å²) in [5.41, 5.74) is 6.74. The summed E-state index contributed by atoms with van der Waals surface area (Å²) in [5, 5.41) is 3.90. The van der Waals surface area contributed by atoms with Crippen molar-refractivity contribution in [3.63, 3.8) is 0 Å². The van der Waals surface area contributed by atoms with Crippen LogP contribution in [0.4, 0.5) is 14.5 Å². The number of hydrogen-bond donors (Lipinski definition) is 1. The van der Waals surface area contributed by atoms with Crippen molar-refractivity contribution in [1.29, 1.82) is 0 Å². The molecule has 2 aromatic carbocycles. The maximum atomic E-state index is 13.3. The first-order valence-electron chi connectivity index (χ1n) is 5.89. The number of nitrogen functional groups attached to an aromatic ring is 1. The fourth-order valence-corrected chi connectivity index (χ4v) is 2.08. The molecule has 2 N–H and O–H groups in total. The second kappa shape index (κ2) is 5.14. The minimum atomic E-state index is -0.473. The van der Waals surface area contributed by atoms with Gasteiger partial charge in [0.2, 0.25) is 5.82 Å². The van der Waals surface area contributed by atoms with Crippen molar-refractivity contribution in [3.05, 3.63) is 53.1 Å². The van der Waals surface area contributed by atoms with E-state index in [-0.39, 0.29) is 22.3 Å². The molecule has 0 bridgehead atoms. The van der Waals surface area contributed by atoms with Crippen LogP contribution in [0.2, 0.25) is 5.02 Å². The van der Waals surface area contributed by atoms with E-state index in [2.05, 4.69) is 10.1 Å². The minimum Gasteiger partial charge on any atom is -0.398 e. The molecule has 7 heteroatoms. The van der Waals surface area contributed by atoms with Gasteiger partial charge in [-0.15, -0.1) is 0 Å². The Balaban J connectivity index is 2.06. The lowest BCUT2D eigenvalue weighted by molar-refractivity contribution is 0.432. The molecule has 0 saturated carbocycles. The number of nitrogens with two attached hydrogens (primary N) is 1. The number of halogens is 3. The third kappa shape index (κ3) is 2.57. The van der Waals surface area contributed by atoms with E-state index < -0.39 is 11.6 Å². The molecule has 0 aliphatic carbocycles. The van der Waals surface area contributed by atoms with Crippen LogP contribution in [0.25, 0.3) is 22.8 Å². The van der Waals surface area contributed by atoms with Crippen LogP contribution in [0.3, 0.4) is 0 Å². The third-order valence-corrected chi connectivity index (χ3v) is 3.16. The molecule has 0 saturated heterocycles. The average molecular weight is 308 g/mol. The van der Waals surface area contributed by atoms with Crippen LogP contribution in [-0.2, 0) is 0 Å². The normalized spacial score (nSPS) is 10.8. The summed E-state index contributed by atoms with van der Waals surface area (Å²) in [6.07, 6.45) is 0. The summed E-state index contributed by atoms with van der Waals surface area (Å²) in [6.45, 7) is 0. The number of anilines is 1. The Kier molecular flexibility index (Phi) is 3.31. The fourth-order valence-electron chi connectivity index (χ4n) is 1.83. The van der Waals surface area contributed by atoms with Crippen molar-refractivity contribution in [1.82, 2.24) is 10.1 Å². The summed E-state index contributed by atoms with van der Waals surface area (Å²) >= 11 is 5.93. The molecule has 0 atom stereocenters. The standard InChI is InChI=1S/C14H8ClF2N3O/c15-11-6-8(17)1-3-9(11)13-19-14(21-20-13)10-5-7(16)2-4-12(10)18/h1-6H,18H2. The quantitative estimate of drug-likeness (QED) is 0.729. The average Bonchev–Trinajstić information content (AvgIpc) is 2.91. The number of hydrogen-bond acceptors (Lipinski definition) is 4. The second-order valence-electron chi connectivity index (χ2n) is 4.28. The first-order chi connectivity index (χ1) is 10.0. The van der Waals surface area contributed by atoms with Gasteiger partial charge in [0.25, 0.3) is 5.89 Å². The van der Waals surface area contributed by atoms with Crippen LogP contribution < -0.4 is 5.73 Å². The lowest BCUT2D eigenvalue weighted by Gasteiger charge is -2.00. The van der Waals surface area contributed by atoms with Crippen LogP contribution in [0, 0.1) is 11.6 Å². The van der Waals surface area contributed by atoms with Crippen molar-refractivity contribution in [3.8, 4) is 22.8 Å². The van der Waals surface area contributed by atoms with E-state index in [0.29, 0.717) is 11.3 Å². The van der Waals surface area contributed by atoms with Crippen LogP contribution in [-0.4, -0.2) is 10.1 Å². The van der Waals surface area contributed by atoms with Gasteiger partial charge in [0.1, 0.15) is 11.6 Å². The van der Waals surface area contributed by atoms with E-state index in [0.717, 1.165) is 6.07 Å². The van der Waals surface area contributed by atoms with E-state index >= 15 is 0 Å². The van der Waals surface area contributed by atoms with Gasteiger partial charge in [-0.05, 0) is 36.4 Å². The van der Waals surface area contributed by atoms with Crippen LogP contribution in [0.15, 0.2) is 40.9 Å². The third-order valence-electron chi connectivity index (χ3n) is 2.84. The van der Waals surface area contributed by atoms with Gasteiger partial charge in [-0.3, -0.25) is 0 Å². The molecule has 0 spiro atoms. The SMILES string of the molecule is Nc1ccc(F)cc1-c1nc(-c2ccc(F)cc2Cl)no1. The van der Waals surface area contributed by atoms with Gasteiger partial charge in [-0.1, -0.05) is 16.8 Å². The Morgan fingerprint density at radius 3 is 2.48 bits per heavy atom. The Bertz CT molecular complexity index is 820. The summed E-state index contributed by atoms with van der Waals surface area (Å²) in [4.78, 5) is 4.11. The molecule has 21 heavy (non-hydrogen) atoms.